The Morgan fingerprint density at radius 3 is 2.31 bits per heavy atom. The summed E-state index contributed by atoms with van der Waals surface area (Å²) in [6, 6.07) is 17.6. The van der Waals surface area contributed by atoms with Crippen LogP contribution in [0.15, 0.2) is 59.4 Å². The average Bonchev–Trinajstić information content (AvgIpc) is 3.07. The summed E-state index contributed by atoms with van der Waals surface area (Å²) in [4.78, 5) is 21.3. The van der Waals surface area contributed by atoms with E-state index in [1.807, 2.05) is 62.4 Å². The summed E-state index contributed by atoms with van der Waals surface area (Å²) < 4.78 is 1.37. The molecule has 4 rings (SSSR count). The topological polar surface area (TPSA) is 75.1 Å². The molecule has 6 heteroatoms. The van der Waals surface area contributed by atoms with Gasteiger partial charge in [-0.1, -0.05) is 47.5 Å². The smallest absolute Gasteiger partial charge is 0.274 e. The highest BCUT2D eigenvalue weighted by Gasteiger charge is 2.09. The first-order chi connectivity index (χ1) is 12.6. The second-order valence-electron chi connectivity index (χ2n) is 6.38. The Bertz CT molecular complexity index is 1110. The number of fused-ring (bicyclic) bond motifs is 1. The molecular weight excluding hydrogens is 326 g/mol. The van der Waals surface area contributed by atoms with Gasteiger partial charge in [0.15, 0.2) is 5.82 Å². The Morgan fingerprint density at radius 2 is 1.62 bits per heavy atom. The van der Waals surface area contributed by atoms with Gasteiger partial charge in [0, 0.05) is 17.3 Å². The maximum Gasteiger partial charge on any atom is 0.274 e. The highest BCUT2D eigenvalue weighted by atomic mass is 16.1. The van der Waals surface area contributed by atoms with Crippen molar-refractivity contribution in [2.24, 2.45) is 0 Å². The molecule has 0 atom stereocenters. The number of hydrogen-bond donors (Lipinski definition) is 2. The molecule has 2 N–H and O–H groups in total. The van der Waals surface area contributed by atoms with E-state index in [2.05, 4.69) is 20.4 Å². The molecule has 4 aromatic rings. The number of benzene rings is 2. The van der Waals surface area contributed by atoms with Gasteiger partial charge in [-0.3, -0.25) is 9.89 Å². The minimum Gasteiger partial charge on any atom is -0.379 e. The standard InChI is InChI=1S/C20H19N5O/c1-13-3-7-15(8-4-13)19-23-20-22-17(11-18(26)25(20)24-19)12-21-16-9-5-14(2)6-10-16/h3-11,21H,12H2,1-2H3,(H,22,23,24). The van der Waals surface area contributed by atoms with E-state index in [4.69, 9.17) is 0 Å². The van der Waals surface area contributed by atoms with Gasteiger partial charge in [0.2, 0.25) is 0 Å². The number of H-pyrrole nitrogens is 1. The van der Waals surface area contributed by atoms with Gasteiger partial charge in [-0.05, 0) is 26.0 Å². The molecule has 0 aliphatic carbocycles. The van der Waals surface area contributed by atoms with Crippen LogP contribution in [0.5, 0.6) is 0 Å². The molecule has 26 heavy (non-hydrogen) atoms. The van der Waals surface area contributed by atoms with Crippen LogP contribution in [0, 0.1) is 13.8 Å². The molecule has 0 spiro atoms. The first-order valence-corrected chi connectivity index (χ1v) is 8.45. The third kappa shape index (κ3) is 3.21. The number of aromatic nitrogens is 4. The fourth-order valence-corrected chi connectivity index (χ4v) is 2.72. The molecule has 0 aliphatic rings. The Kier molecular flexibility index (Phi) is 4.01. The van der Waals surface area contributed by atoms with E-state index in [0.717, 1.165) is 11.3 Å². The third-order valence-electron chi connectivity index (χ3n) is 4.23. The number of aromatic amines is 1. The van der Waals surface area contributed by atoms with Gasteiger partial charge >= 0.3 is 0 Å². The molecule has 2 heterocycles. The molecule has 0 amide bonds. The zero-order valence-corrected chi connectivity index (χ0v) is 14.7. The van der Waals surface area contributed by atoms with Crippen molar-refractivity contribution < 1.29 is 0 Å². The lowest BCUT2D eigenvalue weighted by molar-refractivity contribution is 0.879. The van der Waals surface area contributed by atoms with Crippen LogP contribution in [0.25, 0.3) is 17.2 Å². The van der Waals surface area contributed by atoms with E-state index in [1.54, 1.807) is 0 Å². The molecule has 0 radical (unpaired) electrons. The minimum atomic E-state index is -0.179. The molecular formula is C20H19N5O. The monoisotopic (exact) mass is 345 g/mol. The van der Waals surface area contributed by atoms with Gasteiger partial charge in [-0.25, -0.2) is 4.98 Å². The van der Waals surface area contributed by atoms with Crippen LogP contribution < -0.4 is 10.9 Å². The van der Waals surface area contributed by atoms with E-state index < -0.39 is 0 Å². The summed E-state index contributed by atoms with van der Waals surface area (Å²) in [7, 11) is 0. The number of nitrogens with one attached hydrogen (secondary N) is 2. The van der Waals surface area contributed by atoms with Crippen LogP contribution in [0.1, 0.15) is 16.8 Å². The SMILES string of the molecule is Cc1ccc(NCc2cc(=O)n3[nH]c(-c4ccc(C)cc4)nc3n2)cc1. The average molecular weight is 345 g/mol. The molecule has 0 saturated heterocycles. The van der Waals surface area contributed by atoms with Gasteiger partial charge in [-0.2, -0.15) is 9.50 Å². The van der Waals surface area contributed by atoms with Crippen molar-refractivity contribution in [1.29, 1.82) is 0 Å². The lowest BCUT2D eigenvalue weighted by Crippen LogP contribution is -2.17. The van der Waals surface area contributed by atoms with Gasteiger partial charge in [0.05, 0.1) is 12.2 Å². The van der Waals surface area contributed by atoms with Crippen molar-refractivity contribution in [3.63, 3.8) is 0 Å². The number of rotatable bonds is 4. The van der Waals surface area contributed by atoms with Crippen molar-refractivity contribution in [3.8, 4) is 11.4 Å². The van der Waals surface area contributed by atoms with Crippen LogP contribution in [0.2, 0.25) is 0 Å². The Morgan fingerprint density at radius 1 is 0.962 bits per heavy atom. The van der Waals surface area contributed by atoms with E-state index in [0.29, 0.717) is 23.8 Å². The maximum atomic E-state index is 12.4. The van der Waals surface area contributed by atoms with Crippen molar-refractivity contribution in [3.05, 3.63) is 81.8 Å². The lowest BCUT2D eigenvalue weighted by Gasteiger charge is -2.06. The molecule has 2 aromatic heterocycles. The summed E-state index contributed by atoms with van der Waals surface area (Å²) in [5, 5.41) is 6.29. The van der Waals surface area contributed by atoms with Crippen LogP contribution in [-0.2, 0) is 6.54 Å². The van der Waals surface area contributed by atoms with Crippen molar-refractivity contribution in [2.45, 2.75) is 20.4 Å². The molecule has 0 bridgehead atoms. The largest absolute Gasteiger partial charge is 0.379 e. The summed E-state index contributed by atoms with van der Waals surface area (Å²) in [6.07, 6.45) is 0. The lowest BCUT2D eigenvalue weighted by atomic mass is 10.1. The van der Waals surface area contributed by atoms with E-state index in [9.17, 15) is 4.79 Å². The fraction of sp³-hybridized carbons (Fsp3) is 0.150. The van der Waals surface area contributed by atoms with Gasteiger partial charge < -0.3 is 5.32 Å². The normalized spacial score (nSPS) is 11.0. The summed E-state index contributed by atoms with van der Waals surface area (Å²) in [5.41, 5.74) is 4.75. The summed E-state index contributed by atoms with van der Waals surface area (Å²) in [6.45, 7) is 4.53. The molecule has 0 unspecified atom stereocenters. The second kappa shape index (κ2) is 6.48. The Hall–Kier alpha value is -3.41. The fourth-order valence-electron chi connectivity index (χ4n) is 2.72. The molecule has 0 fully saturated rings. The van der Waals surface area contributed by atoms with Crippen molar-refractivity contribution in [1.82, 2.24) is 19.6 Å². The highest BCUT2D eigenvalue weighted by molar-refractivity contribution is 5.57. The van der Waals surface area contributed by atoms with Crippen LogP contribution in [0.4, 0.5) is 5.69 Å². The third-order valence-corrected chi connectivity index (χ3v) is 4.23. The molecule has 2 aromatic carbocycles. The predicted molar refractivity (Wildman–Crippen MR) is 102 cm³/mol. The van der Waals surface area contributed by atoms with E-state index in [1.165, 1.54) is 21.7 Å². The Labute approximate surface area is 150 Å². The van der Waals surface area contributed by atoms with Crippen LogP contribution >= 0.6 is 0 Å². The first kappa shape index (κ1) is 16.1. The molecule has 0 saturated carbocycles. The number of aryl methyl sites for hydroxylation is 2. The van der Waals surface area contributed by atoms with E-state index >= 15 is 0 Å². The Balaban J connectivity index is 1.62. The predicted octanol–water partition coefficient (Wildman–Crippen LogP) is 3.31. The van der Waals surface area contributed by atoms with Crippen LogP contribution in [-0.4, -0.2) is 19.6 Å². The number of anilines is 1. The quantitative estimate of drug-likeness (QED) is 0.595. The number of nitrogens with zero attached hydrogens (tertiary/aromatic N) is 3. The van der Waals surface area contributed by atoms with Gasteiger partial charge in [-0.15, -0.1) is 0 Å². The van der Waals surface area contributed by atoms with Gasteiger partial charge in [0.1, 0.15) is 0 Å². The second-order valence-corrected chi connectivity index (χ2v) is 6.38. The van der Waals surface area contributed by atoms with Gasteiger partial charge in [0.25, 0.3) is 11.3 Å². The molecule has 0 aliphatic heterocycles. The molecule has 130 valence electrons. The van der Waals surface area contributed by atoms with E-state index in [-0.39, 0.29) is 5.56 Å². The maximum absolute atomic E-state index is 12.4. The minimum absolute atomic E-state index is 0.179. The van der Waals surface area contributed by atoms with Crippen molar-refractivity contribution in [2.75, 3.05) is 5.32 Å². The molecule has 6 nitrogen and oxygen atoms in total. The van der Waals surface area contributed by atoms with Crippen molar-refractivity contribution >= 4 is 11.5 Å². The number of hydrogen-bond acceptors (Lipinski definition) is 4. The van der Waals surface area contributed by atoms with Crippen LogP contribution in [0.3, 0.4) is 0 Å². The zero-order valence-electron chi connectivity index (χ0n) is 14.7. The zero-order chi connectivity index (χ0) is 18.1. The first-order valence-electron chi connectivity index (χ1n) is 8.45. The summed E-state index contributed by atoms with van der Waals surface area (Å²) in [5.74, 6) is 0.993. The summed E-state index contributed by atoms with van der Waals surface area (Å²) >= 11 is 0. The highest BCUT2D eigenvalue weighted by Crippen LogP contribution is 2.16.